The highest BCUT2D eigenvalue weighted by Crippen LogP contribution is 2.35. The number of piperazine rings is 1. The fourth-order valence-corrected chi connectivity index (χ4v) is 3.36. The molecule has 0 spiro atoms. The van der Waals surface area contributed by atoms with Crippen molar-refractivity contribution in [3.63, 3.8) is 0 Å². The van der Waals surface area contributed by atoms with E-state index >= 15 is 0 Å². The lowest BCUT2D eigenvalue weighted by Gasteiger charge is -2.36. The summed E-state index contributed by atoms with van der Waals surface area (Å²) in [6.45, 7) is 5.01. The molecule has 4 rings (SSSR count). The number of ether oxygens (including phenoxy) is 2. The Balaban J connectivity index is 1.37. The topological polar surface area (TPSA) is 54.0 Å². The van der Waals surface area contributed by atoms with E-state index in [-0.39, 0.29) is 12.8 Å². The number of nitrogens with zero attached hydrogens (tertiary/aromatic N) is 2. The zero-order chi connectivity index (χ0) is 18.1. The number of amides is 2. The number of anilines is 2. The average Bonchev–Trinajstić information content (AvgIpc) is 3.13. The molecule has 2 heterocycles. The third-order valence-corrected chi connectivity index (χ3v) is 5.21. The summed E-state index contributed by atoms with van der Waals surface area (Å²) in [5.74, 6) is 1.56. The monoisotopic (exact) mass is 373 g/mol. The summed E-state index contributed by atoms with van der Waals surface area (Å²) >= 11 is 6.12. The van der Waals surface area contributed by atoms with Gasteiger partial charge < -0.3 is 24.6 Å². The van der Waals surface area contributed by atoms with E-state index in [1.165, 1.54) is 0 Å². The number of benzene rings is 2. The molecule has 6 nitrogen and oxygen atoms in total. The minimum Gasteiger partial charge on any atom is -0.454 e. The molecule has 0 aromatic heterocycles. The molecule has 26 heavy (non-hydrogen) atoms. The molecule has 2 aromatic rings. The van der Waals surface area contributed by atoms with Crippen LogP contribution in [-0.2, 0) is 0 Å². The first kappa shape index (κ1) is 16.8. The van der Waals surface area contributed by atoms with Crippen molar-refractivity contribution in [2.24, 2.45) is 0 Å². The predicted octanol–water partition coefficient (Wildman–Crippen LogP) is 3.73. The first-order valence-electron chi connectivity index (χ1n) is 8.57. The van der Waals surface area contributed by atoms with E-state index in [9.17, 15) is 4.79 Å². The number of fused-ring (bicyclic) bond motifs is 1. The normalized spacial score (nSPS) is 15.9. The first-order chi connectivity index (χ1) is 12.6. The number of halogens is 1. The maximum atomic E-state index is 12.5. The van der Waals surface area contributed by atoms with E-state index < -0.39 is 0 Å². The molecule has 0 aliphatic carbocycles. The molecule has 0 radical (unpaired) electrons. The molecule has 1 N–H and O–H groups in total. The first-order valence-corrected chi connectivity index (χ1v) is 8.95. The Bertz CT molecular complexity index is 835. The molecule has 0 atom stereocenters. The maximum Gasteiger partial charge on any atom is 0.321 e. The Morgan fingerprint density at radius 1 is 1.08 bits per heavy atom. The summed E-state index contributed by atoms with van der Waals surface area (Å²) in [4.78, 5) is 16.6. The van der Waals surface area contributed by atoms with Crippen LogP contribution < -0.4 is 19.7 Å². The van der Waals surface area contributed by atoms with Gasteiger partial charge in [-0.3, -0.25) is 0 Å². The molecule has 7 heteroatoms. The molecule has 2 aliphatic rings. The largest absolute Gasteiger partial charge is 0.454 e. The fourth-order valence-electron chi connectivity index (χ4n) is 3.19. The van der Waals surface area contributed by atoms with Crippen LogP contribution in [-0.4, -0.2) is 43.9 Å². The average molecular weight is 374 g/mol. The molecular formula is C19H20ClN3O3. The van der Waals surface area contributed by atoms with Crippen molar-refractivity contribution < 1.29 is 14.3 Å². The lowest BCUT2D eigenvalue weighted by atomic mass is 10.2. The molecule has 2 amide bonds. The van der Waals surface area contributed by atoms with Gasteiger partial charge in [0.2, 0.25) is 6.79 Å². The second-order valence-electron chi connectivity index (χ2n) is 6.35. The third kappa shape index (κ3) is 3.24. The zero-order valence-electron chi connectivity index (χ0n) is 14.5. The summed E-state index contributed by atoms with van der Waals surface area (Å²) in [5, 5.41) is 3.61. The minimum atomic E-state index is -0.0966. The van der Waals surface area contributed by atoms with Gasteiger partial charge in [-0.25, -0.2) is 4.79 Å². The van der Waals surface area contributed by atoms with Crippen LogP contribution in [0.1, 0.15) is 5.56 Å². The Hall–Kier alpha value is -2.60. The van der Waals surface area contributed by atoms with Crippen molar-refractivity contribution in [1.29, 1.82) is 0 Å². The third-order valence-electron chi connectivity index (χ3n) is 4.80. The smallest absolute Gasteiger partial charge is 0.321 e. The van der Waals surface area contributed by atoms with Crippen molar-refractivity contribution in [2.45, 2.75) is 6.92 Å². The maximum absolute atomic E-state index is 12.5. The van der Waals surface area contributed by atoms with Gasteiger partial charge in [-0.1, -0.05) is 17.7 Å². The highest BCUT2D eigenvalue weighted by molar-refractivity contribution is 6.31. The van der Waals surface area contributed by atoms with Gasteiger partial charge in [-0.2, -0.15) is 0 Å². The van der Waals surface area contributed by atoms with Crippen molar-refractivity contribution >= 4 is 29.0 Å². The number of hydrogen-bond acceptors (Lipinski definition) is 4. The number of nitrogens with one attached hydrogen (secondary N) is 1. The van der Waals surface area contributed by atoms with Crippen molar-refractivity contribution in [2.75, 3.05) is 43.2 Å². The Kier molecular flexibility index (Phi) is 4.51. The molecule has 0 saturated carbocycles. The van der Waals surface area contributed by atoms with Gasteiger partial charge in [0.25, 0.3) is 0 Å². The summed E-state index contributed by atoms with van der Waals surface area (Å²) in [6, 6.07) is 11.4. The molecule has 0 bridgehead atoms. The van der Waals surface area contributed by atoms with Crippen LogP contribution in [0, 0.1) is 6.92 Å². The number of urea groups is 1. The molecule has 136 valence electrons. The van der Waals surface area contributed by atoms with E-state index in [2.05, 4.69) is 10.2 Å². The summed E-state index contributed by atoms with van der Waals surface area (Å²) in [5.41, 5.74) is 2.71. The van der Waals surface area contributed by atoms with Gasteiger partial charge >= 0.3 is 6.03 Å². The van der Waals surface area contributed by atoms with Crippen LogP contribution in [0.15, 0.2) is 36.4 Å². The lowest BCUT2D eigenvalue weighted by Crippen LogP contribution is -2.50. The van der Waals surface area contributed by atoms with E-state index in [0.717, 1.165) is 41.5 Å². The van der Waals surface area contributed by atoms with Gasteiger partial charge in [0.15, 0.2) is 11.5 Å². The Morgan fingerprint density at radius 3 is 2.65 bits per heavy atom. The van der Waals surface area contributed by atoms with E-state index in [4.69, 9.17) is 21.1 Å². The van der Waals surface area contributed by atoms with Gasteiger partial charge in [-0.15, -0.1) is 0 Å². The van der Waals surface area contributed by atoms with E-state index in [0.29, 0.717) is 18.1 Å². The molecule has 0 unspecified atom stereocenters. The number of rotatable bonds is 2. The summed E-state index contributed by atoms with van der Waals surface area (Å²) in [6.07, 6.45) is 0. The van der Waals surface area contributed by atoms with Crippen LogP contribution in [0.25, 0.3) is 0 Å². The van der Waals surface area contributed by atoms with Crippen LogP contribution in [0.5, 0.6) is 11.5 Å². The van der Waals surface area contributed by atoms with Crippen LogP contribution in [0.3, 0.4) is 0 Å². The van der Waals surface area contributed by atoms with Crippen LogP contribution in [0.2, 0.25) is 5.02 Å². The van der Waals surface area contributed by atoms with Gasteiger partial charge in [0.05, 0.1) is 0 Å². The lowest BCUT2D eigenvalue weighted by molar-refractivity contribution is 0.174. The van der Waals surface area contributed by atoms with Crippen molar-refractivity contribution in [3.8, 4) is 11.5 Å². The quantitative estimate of drug-likeness (QED) is 0.871. The van der Waals surface area contributed by atoms with Crippen LogP contribution in [0.4, 0.5) is 16.2 Å². The van der Waals surface area contributed by atoms with E-state index in [1.807, 2.05) is 48.2 Å². The predicted molar refractivity (Wildman–Crippen MR) is 102 cm³/mol. The van der Waals surface area contributed by atoms with Gasteiger partial charge in [0.1, 0.15) is 0 Å². The summed E-state index contributed by atoms with van der Waals surface area (Å²) < 4.78 is 10.8. The number of hydrogen-bond donors (Lipinski definition) is 1. The fraction of sp³-hybridized carbons (Fsp3) is 0.316. The van der Waals surface area contributed by atoms with Crippen molar-refractivity contribution in [1.82, 2.24) is 4.90 Å². The minimum absolute atomic E-state index is 0.0966. The van der Waals surface area contributed by atoms with E-state index in [1.54, 1.807) is 0 Å². The number of carbonyl (C=O) groups excluding carboxylic acids is 1. The molecule has 2 aromatic carbocycles. The second-order valence-corrected chi connectivity index (χ2v) is 6.76. The zero-order valence-corrected chi connectivity index (χ0v) is 15.3. The van der Waals surface area contributed by atoms with Crippen molar-refractivity contribution in [3.05, 3.63) is 47.0 Å². The Labute approximate surface area is 157 Å². The highest BCUT2D eigenvalue weighted by Gasteiger charge is 2.23. The second kappa shape index (κ2) is 6.96. The number of carbonyl (C=O) groups is 1. The summed E-state index contributed by atoms with van der Waals surface area (Å²) in [7, 11) is 0. The van der Waals surface area contributed by atoms with Gasteiger partial charge in [0, 0.05) is 48.6 Å². The molecule has 1 saturated heterocycles. The molecular weight excluding hydrogens is 354 g/mol. The van der Waals surface area contributed by atoms with Crippen LogP contribution >= 0.6 is 11.6 Å². The SMILES string of the molecule is Cc1c(Cl)cccc1NC(=O)N1CCN(c2ccc3c(c2)OCO3)CC1. The highest BCUT2D eigenvalue weighted by atomic mass is 35.5. The molecule has 1 fully saturated rings. The van der Waals surface area contributed by atoms with Gasteiger partial charge in [-0.05, 0) is 36.8 Å². The standard InChI is InChI=1S/C19H20ClN3O3/c1-13-15(20)3-2-4-16(13)21-19(24)23-9-7-22(8-10-23)14-5-6-17-18(11-14)26-12-25-17/h2-6,11H,7-10,12H2,1H3,(H,21,24). The Morgan fingerprint density at radius 2 is 1.85 bits per heavy atom. The molecule has 2 aliphatic heterocycles.